The average molecular weight is 367 g/mol. The zero-order valence-corrected chi connectivity index (χ0v) is 16.1. The molecule has 9 heteroatoms. The van der Waals surface area contributed by atoms with Gasteiger partial charge in [-0.2, -0.15) is 7.82 Å². The molecule has 0 aliphatic rings. The summed E-state index contributed by atoms with van der Waals surface area (Å²) in [4.78, 5) is 36.6. The third-order valence-electron chi connectivity index (χ3n) is 3.72. The van der Waals surface area contributed by atoms with Crippen LogP contribution >= 0.6 is 7.82 Å². The normalized spacial score (nSPS) is 11.2. The van der Waals surface area contributed by atoms with Gasteiger partial charge in [0.1, 0.15) is 0 Å². The van der Waals surface area contributed by atoms with Gasteiger partial charge in [0.2, 0.25) is 5.91 Å². The van der Waals surface area contributed by atoms with Crippen LogP contribution in [0, 0.1) is 5.92 Å². The van der Waals surface area contributed by atoms with Gasteiger partial charge in [-0.05, 0) is 18.4 Å². The fourth-order valence-corrected chi connectivity index (χ4v) is 2.13. The number of rotatable bonds is 10. The molecule has 0 aromatic carbocycles. The molecule has 8 nitrogen and oxygen atoms in total. The molecule has 1 amide bonds. The molecule has 0 saturated carbocycles. The molecular formula is C15H32N2O6P-3. The number of quaternary nitrogens is 1. The minimum atomic E-state index is -5.39. The van der Waals surface area contributed by atoms with Crippen LogP contribution in [0.15, 0.2) is 12.7 Å². The van der Waals surface area contributed by atoms with Gasteiger partial charge in [0, 0.05) is 13.0 Å². The Balaban J connectivity index is -0.000000639. The predicted octanol–water partition coefficient (Wildman–Crippen LogP) is -0.420. The Labute approximate surface area is 145 Å². The van der Waals surface area contributed by atoms with Gasteiger partial charge in [-0.1, -0.05) is 33.3 Å². The standard InChI is InChI=1S/C15H30N2O.H3O4P.H2O/c1-6-14(7-2)10-13-17(4,5)12-9-11-16-15(18)8-3;1-5(2,3)4;/h8,14H,3,6-7,9-13H2,1-2,4-5H3;(H3,1,2,3,4);1H2/p-3. The van der Waals surface area contributed by atoms with Crippen LogP contribution in [0.25, 0.3) is 0 Å². The van der Waals surface area contributed by atoms with Crippen LogP contribution in [-0.2, 0) is 9.36 Å². The summed E-state index contributed by atoms with van der Waals surface area (Å²) in [7, 11) is -0.838. The lowest BCUT2D eigenvalue weighted by atomic mass is 9.99. The SMILES string of the molecule is C=CC(=O)NCCC[N+](C)(C)CCC(CC)CC.O=P([O-])([O-])[O-].[OH-]. The largest absolute Gasteiger partial charge is 0.870 e. The molecule has 0 rings (SSSR count). The number of hydrogen-bond acceptors (Lipinski definition) is 6. The minimum Gasteiger partial charge on any atom is -0.870 e. The summed E-state index contributed by atoms with van der Waals surface area (Å²) in [5.41, 5.74) is 0. The Bertz CT molecular complexity index is 372. The summed E-state index contributed by atoms with van der Waals surface area (Å²) >= 11 is 0. The van der Waals surface area contributed by atoms with Gasteiger partial charge in [-0.15, -0.1) is 0 Å². The number of carbonyl (C=O) groups excluding carboxylic acids is 1. The molecule has 0 bridgehead atoms. The van der Waals surface area contributed by atoms with Crippen molar-refractivity contribution >= 4 is 13.7 Å². The predicted molar refractivity (Wildman–Crippen MR) is 87.9 cm³/mol. The molecule has 0 heterocycles. The molecule has 24 heavy (non-hydrogen) atoms. The maximum Gasteiger partial charge on any atom is 0.243 e. The van der Waals surface area contributed by atoms with E-state index in [1.54, 1.807) is 0 Å². The van der Waals surface area contributed by atoms with Crippen molar-refractivity contribution in [3.8, 4) is 0 Å². The smallest absolute Gasteiger partial charge is 0.243 e. The van der Waals surface area contributed by atoms with Crippen molar-refractivity contribution in [3.63, 3.8) is 0 Å². The molecule has 0 atom stereocenters. The second-order valence-corrected chi connectivity index (χ2v) is 7.04. The van der Waals surface area contributed by atoms with Gasteiger partial charge in [0.25, 0.3) is 0 Å². The molecule has 0 aromatic rings. The van der Waals surface area contributed by atoms with Crippen molar-refractivity contribution < 1.29 is 34.0 Å². The molecule has 146 valence electrons. The van der Waals surface area contributed by atoms with Crippen LogP contribution in [0.5, 0.6) is 0 Å². The van der Waals surface area contributed by atoms with Gasteiger partial charge in [0.15, 0.2) is 0 Å². The Morgan fingerprint density at radius 1 is 1.21 bits per heavy atom. The number of amides is 1. The number of nitrogens with one attached hydrogen (secondary N) is 1. The lowest BCUT2D eigenvalue weighted by molar-refractivity contribution is -0.891. The first-order valence-corrected chi connectivity index (χ1v) is 9.36. The Morgan fingerprint density at radius 3 is 2.04 bits per heavy atom. The zero-order valence-electron chi connectivity index (χ0n) is 15.2. The molecule has 2 N–H and O–H groups in total. The number of nitrogens with zero attached hydrogens (tertiary/aromatic N) is 1. The van der Waals surface area contributed by atoms with Crippen molar-refractivity contribution in [1.29, 1.82) is 0 Å². The first kappa shape index (κ1) is 28.1. The van der Waals surface area contributed by atoms with E-state index in [0.29, 0.717) is 0 Å². The first-order valence-electron chi connectivity index (χ1n) is 7.90. The zero-order chi connectivity index (χ0) is 18.5. The van der Waals surface area contributed by atoms with Gasteiger partial charge in [0.05, 0.1) is 27.2 Å². The Hall–Kier alpha value is -0.760. The lowest BCUT2D eigenvalue weighted by Gasteiger charge is -2.36. The van der Waals surface area contributed by atoms with E-state index in [1.165, 1.54) is 31.9 Å². The van der Waals surface area contributed by atoms with Crippen LogP contribution in [0.4, 0.5) is 0 Å². The van der Waals surface area contributed by atoms with Crippen LogP contribution in [0.1, 0.15) is 39.5 Å². The van der Waals surface area contributed by atoms with E-state index in [-0.39, 0.29) is 11.4 Å². The van der Waals surface area contributed by atoms with E-state index in [4.69, 9.17) is 19.2 Å². The number of phosphoric acid groups is 1. The van der Waals surface area contributed by atoms with Crippen LogP contribution in [0.3, 0.4) is 0 Å². The fraction of sp³-hybridized carbons (Fsp3) is 0.800. The van der Waals surface area contributed by atoms with Crippen LogP contribution < -0.4 is 20.0 Å². The molecule has 0 aromatic heterocycles. The highest BCUT2D eigenvalue weighted by Gasteiger charge is 2.16. The summed E-state index contributed by atoms with van der Waals surface area (Å²) in [6, 6.07) is 0. The summed E-state index contributed by atoms with van der Waals surface area (Å²) in [5, 5.41) is 2.83. The fourth-order valence-electron chi connectivity index (χ4n) is 2.13. The maximum absolute atomic E-state index is 11.0. The lowest BCUT2D eigenvalue weighted by Crippen LogP contribution is -2.43. The molecule has 0 fully saturated rings. The molecule has 0 aliphatic heterocycles. The highest BCUT2D eigenvalue weighted by atomic mass is 31.2. The van der Waals surface area contributed by atoms with Gasteiger partial charge >= 0.3 is 0 Å². The summed E-state index contributed by atoms with van der Waals surface area (Å²) < 4.78 is 9.59. The highest BCUT2D eigenvalue weighted by molar-refractivity contribution is 7.40. The Morgan fingerprint density at radius 2 is 1.67 bits per heavy atom. The van der Waals surface area contributed by atoms with E-state index in [1.807, 2.05) is 0 Å². The molecule has 0 saturated heterocycles. The van der Waals surface area contributed by atoms with Crippen molar-refractivity contribution in [1.82, 2.24) is 5.32 Å². The van der Waals surface area contributed by atoms with Gasteiger partial charge in [-0.3, -0.25) is 4.79 Å². The van der Waals surface area contributed by atoms with E-state index < -0.39 is 7.82 Å². The molecular weight excluding hydrogens is 335 g/mol. The van der Waals surface area contributed by atoms with Crippen LogP contribution in [-0.4, -0.2) is 49.6 Å². The maximum atomic E-state index is 11.0. The van der Waals surface area contributed by atoms with E-state index in [2.05, 4.69) is 39.8 Å². The number of carbonyl (C=O) groups is 1. The first-order chi connectivity index (χ1) is 10.4. The van der Waals surface area contributed by atoms with E-state index in [0.717, 1.165) is 29.9 Å². The topological polar surface area (TPSA) is 145 Å². The highest BCUT2D eigenvalue weighted by Crippen LogP contribution is 2.14. The van der Waals surface area contributed by atoms with Crippen molar-refractivity contribution in [3.05, 3.63) is 12.7 Å². The van der Waals surface area contributed by atoms with Crippen molar-refractivity contribution in [2.24, 2.45) is 5.92 Å². The Kier molecular flexibility index (Phi) is 17.0. The van der Waals surface area contributed by atoms with E-state index in [9.17, 15) is 4.79 Å². The number of hydrogen-bond donors (Lipinski definition) is 1. The molecule has 0 radical (unpaired) electrons. The second-order valence-electron chi connectivity index (χ2n) is 6.15. The van der Waals surface area contributed by atoms with Gasteiger partial charge in [-0.25, -0.2) is 0 Å². The van der Waals surface area contributed by atoms with Crippen LogP contribution in [0.2, 0.25) is 0 Å². The second kappa shape index (κ2) is 14.6. The monoisotopic (exact) mass is 367 g/mol. The van der Waals surface area contributed by atoms with E-state index >= 15 is 0 Å². The minimum absolute atomic E-state index is 0. The third-order valence-corrected chi connectivity index (χ3v) is 3.72. The van der Waals surface area contributed by atoms with Crippen molar-refractivity contribution in [2.45, 2.75) is 39.5 Å². The summed E-state index contributed by atoms with van der Waals surface area (Å²) in [6.45, 7) is 11.1. The van der Waals surface area contributed by atoms with Gasteiger partial charge < -0.3 is 34.5 Å². The average Bonchev–Trinajstić information content (AvgIpc) is 2.42. The summed E-state index contributed by atoms with van der Waals surface area (Å²) in [6.07, 6.45) is 6.22. The molecule has 0 aliphatic carbocycles. The molecule has 0 spiro atoms. The van der Waals surface area contributed by atoms with Crippen molar-refractivity contribution in [2.75, 3.05) is 33.7 Å². The quantitative estimate of drug-likeness (QED) is 0.240. The summed E-state index contributed by atoms with van der Waals surface area (Å²) in [5.74, 6) is 0.792. The third kappa shape index (κ3) is 23.5. The molecule has 0 unspecified atom stereocenters.